The summed E-state index contributed by atoms with van der Waals surface area (Å²) in [6.07, 6.45) is 1.90. The van der Waals surface area contributed by atoms with Crippen LogP contribution in [0.5, 0.6) is 5.75 Å². The Kier molecular flexibility index (Phi) is 10.7. The quantitative estimate of drug-likeness (QED) is 0.336. The molecule has 0 aliphatic heterocycles. The highest BCUT2D eigenvalue weighted by Crippen LogP contribution is 2.29. The number of ether oxygens (including phenoxy) is 1. The first kappa shape index (κ1) is 26.4. The Morgan fingerprint density at radius 1 is 1.06 bits per heavy atom. The summed E-state index contributed by atoms with van der Waals surface area (Å²) in [7, 11) is 0. The van der Waals surface area contributed by atoms with Gasteiger partial charge in [0.05, 0.1) is 4.47 Å². The van der Waals surface area contributed by atoms with Gasteiger partial charge < -0.3 is 15.0 Å². The number of halogens is 2. The van der Waals surface area contributed by atoms with Gasteiger partial charge in [-0.05, 0) is 70.6 Å². The summed E-state index contributed by atoms with van der Waals surface area (Å²) in [6.45, 7) is 8.85. The average Bonchev–Trinajstić information content (AvgIpc) is 2.77. The van der Waals surface area contributed by atoms with Crippen LogP contribution in [0, 0.1) is 0 Å². The van der Waals surface area contributed by atoms with Crippen LogP contribution in [0.1, 0.15) is 57.6 Å². The van der Waals surface area contributed by atoms with Crippen LogP contribution in [-0.2, 0) is 16.1 Å². The zero-order valence-electron chi connectivity index (χ0n) is 19.2. The van der Waals surface area contributed by atoms with E-state index in [1.807, 2.05) is 42.5 Å². The molecule has 0 spiro atoms. The van der Waals surface area contributed by atoms with Gasteiger partial charge in [0.15, 0.2) is 6.61 Å². The van der Waals surface area contributed by atoms with Gasteiger partial charge in [-0.25, -0.2) is 0 Å². The molecule has 0 saturated carbocycles. The average molecular weight is 568 g/mol. The van der Waals surface area contributed by atoms with Crippen molar-refractivity contribution in [1.82, 2.24) is 10.2 Å². The highest BCUT2D eigenvalue weighted by molar-refractivity contribution is 9.10. The zero-order valence-corrected chi connectivity index (χ0v) is 22.3. The molecule has 0 bridgehead atoms. The Morgan fingerprint density at radius 2 is 1.75 bits per heavy atom. The Morgan fingerprint density at radius 3 is 2.34 bits per heavy atom. The van der Waals surface area contributed by atoms with E-state index in [0.717, 1.165) is 27.4 Å². The van der Waals surface area contributed by atoms with Crippen molar-refractivity contribution in [3.63, 3.8) is 0 Å². The third-order valence-electron chi connectivity index (χ3n) is 5.24. The number of hydrogen-bond donors (Lipinski definition) is 1. The van der Waals surface area contributed by atoms with Crippen LogP contribution in [0.25, 0.3) is 0 Å². The number of rotatable bonds is 11. The molecular formula is C25H32Br2N2O3. The fraction of sp³-hybridized carbons (Fsp3) is 0.440. The van der Waals surface area contributed by atoms with Gasteiger partial charge in [0.2, 0.25) is 5.91 Å². The number of unbranched alkanes of at least 4 members (excludes halogenated alkanes) is 1. The van der Waals surface area contributed by atoms with Crippen molar-refractivity contribution in [3.05, 3.63) is 62.5 Å². The van der Waals surface area contributed by atoms with E-state index < -0.39 is 6.04 Å². The fourth-order valence-corrected chi connectivity index (χ4v) is 3.90. The largest absolute Gasteiger partial charge is 0.483 e. The molecule has 0 heterocycles. The van der Waals surface area contributed by atoms with Crippen LogP contribution < -0.4 is 10.1 Å². The second-order valence-corrected chi connectivity index (χ2v) is 9.87. The maximum absolute atomic E-state index is 13.1. The molecule has 0 aromatic heterocycles. The monoisotopic (exact) mass is 566 g/mol. The molecule has 0 aliphatic carbocycles. The Balaban J connectivity index is 2.13. The second kappa shape index (κ2) is 13.0. The van der Waals surface area contributed by atoms with Crippen LogP contribution >= 0.6 is 31.9 Å². The topological polar surface area (TPSA) is 58.6 Å². The lowest BCUT2D eigenvalue weighted by Gasteiger charge is -2.29. The first-order valence-corrected chi connectivity index (χ1v) is 12.5. The van der Waals surface area contributed by atoms with Gasteiger partial charge in [0, 0.05) is 17.6 Å². The zero-order chi connectivity index (χ0) is 23.7. The maximum Gasteiger partial charge on any atom is 0.261 e. The van der Waals surface area contributed by atoms with Gasteiger partial charge in [-0.3, -0.25) is 9.59 Å². The van der Waals surface area contributed by atoms with Gasteiger partial charge in [-0.15, -0.1) is 0 Å². The van der Waals surface area contributed by atoms with Gasteiger partial charge in [0.1, 0.15) is 11.8 Å². The van der Waals surface area contributed by atoms with E-state index in [0.29, 0.717) is 24.8 Å². The van der Waals surface area contributed by atoms with E-state index in [1.165, 1.54) is 5.56 Å². The Bertz CT molecular complexity index is 901. The van der Waals surface area contributed by atoms with Gasteiger partial charge >= 0.3 is 0 Å². The van der Waals surface area contributed by atoms with Crippen molar-refractivity contribution in [2.24, 2.45) is 0 Å². The van der Waals surface area contributed by atoms with Gasteiger partial charge in [0.25, 0.3) is 5.91 Å². The summed E-state index contributed by atoms with van der Waals surface area (Å²) in [5.41, 5.74) is 2.13. The van der Waals surface area contributed by atoms with E-state index in [1.54, 1.807) is 11.8 Å². The number of nitrogens with one attached hydrogen (secondary N) is 1. The Labute approximate surface area is 208 Å². The number of nitrogens with zero attached hydrogens (tertiary/aromatic N) is 1. The van der Waals surface area contributed by atoms with E-state index in [4.69, 9.17) is 4.74 Å². The van der Waals surface area contributed by atoms with Crippen molar-refractivity contribution >= 4 is 43.7 Å². The maximum atomic E-state index is 13.1. The summed E-state index contributed by atoms with van der Waals surface area (Å²) in [5.74, 6) is 0.596. The molecule has 0 fully saturated rings. The molecule has 0 radical (unpaired) electrons. The molecule has 32 heavy (non-hydrogen) atoms. The molecule has 1 N–H and O–H groups in total. The minimum Gasteiger partial charge on any atom is -0.483 e. The van der Waals surface area contributed by atoms with Gasteiger partial charge in [-0.2, -0.15) is 0 Å². The minimum atomic E-state index is -0.613. The standard InChI is InChI=1S/C25H32Br2N2O3/c1-5-6-13-28-25(31)18(4)29(15-19-7-10-21(26)11-8-19)24(30)16-32-23-12-9-20(17(2)3)14-22(23)27/h7-12,14,17-18H,5-6,13,15-16H2,1-4H3,(H,28,31). The molecule has 174 valence electrons. The molecule has 2 rings (SSSR count). The lowest BCUT2D eigenvalue weighted by atomic mass is 10.0. The summed E-state index contributed by atoms with van der Waals surface area (Å²) >= 11 is 6.96. The molecule has 1 atom stereocenters. The first-order chi connectivity index (χ1) is 15.2. The summed E-state index contributed by atoms with van der Waals surface area (Å²) in [5, 5.41) is 2.92. The lowest BCUT2D eigenvalue weighted by molar-refractivity contribution is -0.142. The molecule has 2 aromatic rings. The predicted molar refractivity (Wildman–Crippen MR) is 136 cm³/mol. The molecular weight excluding hydrogens is 536 g/mol. The molecule has 0 saturated heterocycles. The van der Waals surface area contributed by atoms with Crippen molar-refractivity contribution in [2.75, 3.05) is 13.2 Å². The van der Waals surface area contributed by atoms with E-state index in [9.17, 15) is 9.59 Å². The van der Waals surface area contributed by atoms with Crippen molar-refractivity contribution < 1.29 is 14.3 Å². The molecule has 7 heteroatoms. The van der Waals surface area contributed by atoms with E-state index in [2.05, 4.69) is 57.9 Å². The van der Waals surface area contributed by atoms with Crippen molar-refractivity contribution in [2.45, 2.75) is 59.0 Å². The summed E-state index contributed by atoms with van der Waals surface area (Å²) in [6, 6.07) is 13.0. The first-order valence-electron chi connectivity index (χ1n) is 11.0. The summed E-state index contributed by atoms with van der Waals surface area (Å²) in [4.78, 5) is 27.4. The Hall–Kier alpha value is -1.86. The number of carbonyl (C=O) groups excluding carboxylic acids is 2. The van der Waals surface area contributed by atoms with E-state index in [-0.39, 0.29) is 18.4 Å². The molecule has 1 unspecified atom stereocenters. The number of amides is 2. The van der Waals surface area contributed by atoms with Crippen LogP contribution in [0.3, 0.4) is 0 Å². The number of benzene rings is 2. The van der Waals surface area contributed by atoms with Crippen molar-refractivity contribution in [1.29, 1.82) is 0 Å². The van der Waals surface area contributed by atoms with Crippen molar-refractivity contribution in [3.8, 4) is 5.75 Å². The third-order valence-corrected chi connectivity index (χ3v) is 6.39. The molecule has 2 aromatic carbocycles. The van der Waals surface area contributed by atoms with Crippen LogP contribution in [0.15, 0.2) is 51.4 Å². The minimum absolute atomic E-state index is 0.150. The molecule has 2 amide bonds. The predicted octanol–water partition coefficient (Wildman–Crippen LogP) is 6.05. The molecule has 0 aliphatic rings. The lowest BCUT2D eigenvalue weighted by Crippen LogP contribution is -2.49. The smallest absolute Gasteiger partial charge is 0.261 e. The van der Waals surface area contributed by atoms with Crippen LogP contribution in [0.2, 0.25) is 0 Å². The summed E-state index contributed by atoms with van der Waals surface area (Å²) < 4.78 is 7.59. The normalized spacial score (nSPS) is 11.8. The number of hydrogen-bond acceptors (Lipinski definition) is 3. The highest BCUT2D eigenvalue weighted by atomic mass is 79.9. The van der Waals surface area contributed by atoms with Gasteiger partial charge in [-0.1, -0.05) is 61.3 Å². The van der Waals surface area contributed by atoms with Crippen LogP contribution in [-0.4, -0.2) is 35.9 Å². The molecule has 5 nitrogen and oxygen atoms in total. The SMILES string of the molecule is CCCCNC(=O)C(C)N(Cc1ccc(Br)cc1)C(=O)COc1ccc(C(C)C)cc1Br. The third kappa shape index (κ3) is 7.93. The van der Waals surface area contributed by atoms with E-state index >= 15 is 0 Å². The van der Waals surface area contributed by atoms with Crippen LogP contribution in [0.4, 0.5) is 0 Å². The highest BCUT2D eigenvalue weighted by Gasteiger charge is 2.26. The number of carbonyl (C=O) groups is 2. The second-order valence-electron chi connectivity index (χ2n) is 8.10. The fourth-order valence-electron chi connectivity index (χ4n) is 3.12.